The van der Waals surface area contributed by atoms with Crippen molar-refractivity contribution in [3.63, 3.8) is 0 Å². The average Bonchev–Trinajstić information content (AvgIpc) is 3.07. The van der Waals surface area contributed by atoms with E-state index in [1.54, 1.807) is 19.1 Å². The van der Waals surface area contributed by atoms with E-state index in [0.717, 1.165) is 0 Å². The first-order chi connectivity index (χ1) is 9.58. The third kappa shape index (κ3) is 4.96. The first-order valence-corrected chi connectivity index (χ1v) is 7.46. The van der Waals surface area contributed by atoms with Crippen molar-refractivity contribution in [1.29, 1.82) is 0 Å². The monoisotopic (exact) mass is 333 g/mol. The lowest BCUT2D eigenvalue weighted by Gasteiger charge is -2.17. The van der Waals surface area contributed by atoms with Gasteiger partial charge in [-0.2, -0.15) is 0 Å². The van der Waals surface area contributed by atoms with Crippen molar-refractivity contribution in [1.82, 2.24) is 16.0 Å². The summed E-state index contributed by atoms with van der Waals surface area (Å²) in [5, 5.41) is 19.9. The lowest BCUT2D eigenvalue weighted by Crippen LogP contribution is -2.46. The number of carbonyl (C=O) groups is 2. The Hall–Kier alpha value is -1.15. The van der Waals surface area contributed by atoms with Crippen molar-refractivity contribution in [3.8, 4) is 0 Å². The summed E-state index contributed by atoms with van der Waals surface area (Å²) in [6.07, 6.45) is -0.425. The number of β-amino-alcohol motifs (C(OH)–C–C–N with tert-alkyl or cyclic N) is 1. The van der Waals surface area contributed by atoms with Gasteiger partial charge in [-0.3, -0.25) is 9.59 Å². The molecule has 2 rings (SSSR count). The molecule has 6 nitrogen and oxygen atoms in total. The van der Waals surface area contributed by atoms with Crippen LogP contribution in [-0.4, -0.2) is 48.7 Å². The Bertz CT molecular complexity index is 469. The van der Waals surface area contributed by atoms with E-state index >= 15 is 0 Å². The molecule has 0 spiro atoms. The van der Waals surface area contributed by atoms with E-state index in [0.29, 0.717) is 24.5 Å². The standard InChI is InChI=1S/C13H19N3O3S.ClH/c1-8(16-13(19)11-3-2-4-20-11)12(18)15-6-9-5-14-7-10(9)17;/h2-4,8-10,14,17H,5-7H2,1H3,(H,15,18)(H,16,19);1H. The molecule has 0 radical (unpaired) electrons. The zero-order chi connectivity index (χ0) is 14.5. The number of carbonyl (C=O) groups excluding carboxylic acids is 2. The maximum absolute atomic E-state index is 11.9. The molecule has 2 amide bonds. The summed E-state index contributed by atoms with van der Waals surface area (Å²) in [5.41, 5.74) is 0. The number of thiophene rings is 1. The minimum Gasteiger partial charge on any atom is -0.391 e. The molecule has 8 heteroatoms. The first kappa shape index (κ1) is 17.9. The molecule has 1 aliphatic heterocycles. The molecule has 4 N–H and O–H groups in total. The van der Waals surface area contributed by atoms with Gasteiger partial charge in [-0.1, -0.05) is 6.07 Å². The van der Waals surface area contributed by atoms with Crippen LogP contribution in [0.1, 0.15) is 16.6 Å². The van der Waals surface area contributed by atoms with E-state index in [2.05, 4.69) is 16.0 Å². The van der Waals surface area contributed by atoms with Gasteiger partial charge in [-0.25, -0.2) is 0 Å². The second-order valence-electron chi connectivity index (χ2n) is 4.90. The van der Waals surface area contributed by atoms with Crippen LogP contribution in [0.2, 0.25) is 0 Å². The zero-order valence-electron chi connectivity index (χ0n) is 11.7. The molecule has 1 aromatic heterocycles. The zero-order valence-corrected chi connectivity index (χ0v) is 13.3. The van der Waals surface area contributed by atoms with E-state index in [1.807, 2.05) is 5.38 Å². The van der Waals surface area contributed by atoms with Gasteiger partial charge in [0.05, 0.1) is 11.0 Å². The molecular formula is C13H20ClN3O3S. The normalized spacial score (nSPS) is 22.2. The fourth-order valence-corrected chi connectivity index (χ4v) is 2.68. The number of amides is 2. The second kappa shape index (κ2) is 8.33. The van der Waals surface area contributed by atoms with E-state index < -0.39 is 12.1 Å². The molecule has 1 aromatic rings. The Morgan fingerprint density at radius 3 is 2.86 bits per heavy atom. The van der Waals surface area contributed by atoms with E-state index in [9.17, 15) is 14.7 Å². The Labute approximate surface area is 133 Å². The summed E-state index contributed by atoms with van der Waals surface area (Å²) >= 11 is 1.33. The van der Waals surface area contributed by atoms with E-state index in [4.69, 9.17) is 0 Å². The Morgan fingerprint density at radius 2 is 2.29 bits per heavy atom. The van der Waals surface area contributed by atoms with Crippen molar-refractivity contribution in [2.45, 2.75) is 19.1 Å². The van der Waals surface area contributed by atoms with Crippen LogP contribution in [0.15, 0.2) is 17.5 Å². The van der Waals surface area contributed by atoms with Crippen LogP contribution in [0.5, 0.6) is 0 Å². The van der Waals surface area contributed by atoms with Gasteiger partial charge in [0.1, 0.15) is 6.04 Å². The van der Waals surface area contributed by atoms with Gasteiger partial charge in [0.15, 0.2) is 0 Å². The molecule has 1 aliphatic rings. The highest BCUT2D eigenvalue weighted by atomic mass is 35.5. The molecule has 0 bridgehead atoms. The number of aliphatic hydroxyl groups is 1. The third-order valence-electron chi connectivity index (χ3n) is 3.33. The molecule has 0 aromatic carbocycles. The molecule has 1 fully saturated rings. The van der Waals surface area contributed by atoms with Gasteiger partial charge < -0.3 is 21.1 Å². The first-order valence-electron chi connectivity index (χ1n) is 6.59. The topological polar surface area (TPSA) is 90.5 Å². The summed E-state index contributed by atoms with van der Waals surface area (Å²) in [5.74, 6) is -0.460. The van der Waals surface area contributed by atoms with Crippen molar-refractivity contribution < 1.29 is 14.7 Å². The Morgan fingerprint density at radius 1 is 1.52 bits per heavy atom. The molecule has 0 saturated carbocycles. The fraction of sp³-hybridized carbons (Fsp3) is 0.538. The quantitative estimate of drug-likeness (QED) is 0.610. The number of nitrogens with one attached hydrogen (secondary N) is 3. The predicted molar refractivity (Wildman–Crippen MR) is 83.9 cm³/mol. The van der Waals surface area contributed by atoms with E-state index in [1.165, 1.54) is 11.3 Å². The molecule has 3 unspecified atom stereocenters. The summed E-state index contributed by atoms with van der Waals surface area (Å²) in [4.78, 5) is 24.3. The molecule has 2 heterocycles. The lowest BCUT2D eigenvalue weighted by molar-refractivity contribution is -0.122. The summed E-state index contributed by atoms with van der Waals surface area (Å²) < 4.78 is 0. The highest BCUT2D eigenvalue weighted by Gasteiger charge is 2.26. The Balaban J connectivity index is 0.00000220. The van der Waals surface area contributed by atoms with Crippen LogP contribution < -0.4 is 16.0 Å². The smallest absolute Gasteiger partial charge is 0.261 e. The van der Waals surface area contributed by atoms with Crippen LogP contribution in [0.25, 0.3) is 0 Å². The average molecular weight is 334 g/mol. The van der Waals surface area contributed by atoms with Crippen LogP contribution >= 0.6 is 23.7 Å². The Kier molecular flexibility index (Phi) is 7.10. The van der Waals surface area contributed by atoms with Crippen LogP contribution in [0.3, 0.4) is 0 Å². The third-order valence-corrected chi connectivity index (χ3v) is 4.20. The molecule has 1 saturated heterocycles. The van der Waals surface area contributed by atoms with Crippen LogP contribution in [-0.2, 0) is 4.79 Å². The van der Waals surface area contributed by atoms with Gasteiger partial charge in [0.25, 0.3) is 5.91 Å². The largest absolute Gasteiger partial charge is 0.391 e. The van der Waals surface area contributed by atoms with Crippen molar-refractivity contribution in [2.75, 3.05) is 19.6 Å². The predicted octanol–water partition coefficient (Wildman–Crippen LogP) is -0.0153. The van der Waals surface area contributed by atoms with Crippen molar-refractivity contribution in [3.05, 3.63) is 22.4 Å². The minimum absolute atomic E-state index is 0. The highest BCUT2D eigenvalue weighted by Crippen LogP contribution is 2.09. The fourth-order valence-electron chi connectivity index (χ4n) is 2.05. The molecule has 21 heavy (non-hydrogen) atoms. The van der Waals surface area contributed by atoms with Gasteiger partial charge >= 0.3 is 0 Å². The maximum atomic E-state index is 11.9. The summed E-state index contributed by atoms with van der Waals surface area (Å²) in [6, 6.07) is 2.90. The van der Waals surface area contributed by atoms with Gasteiger partial charge in [-0.05, 0) is 18.4 Å². The molecule has 3 atom stereocenters. The number of aliphatic hydroxyl groups excluding tert-OH is 1. The second-order valence-corrected chi connectivity index (χ2v) is 5.85. The van der Waals surface area contributed by atoms with Crippen molar-refractivity contribution in [2.24, 2.45) is 5.92 Å². The highest BCUT2D eigenvalue weighted by molar-refractivity contribution is 7.12. The molecule has 0 aliphatic carbocycles. The number of hydrogen-bond acceptors (Lipinski definition) is 5. The van der Waals surface area contributed by atoms with Gasteiger partial charge in [0, 0.05) is 25.6 Å². The van der Waals surface area contributed by atoms with Gasteiger partial charge in [0.2, 0.25) is 5.91 Å². The van der Waals surface area contributed by atoms with Crippen LogP contribution in [0.4, 0.5) is 0 Å². The minimum atomic E-state index is -0.601. The molecule has 118 valence electrons. The number of rotatable bonds is 5. The van der Waals surface area contributed by atoms with Crippen molar-refractivity contribution >= 4 is 35.6 Å². The lowest BCUT2D eigenvalue weighted by atomic mass is 10.1. The number of halogens is 1. The van der Waals surface area contributed by atoms with E-state index in [-0.39, 0.29) is 30.1 Å². The summed E-state index contributed by atoms with van der Waals surface area (Å²) in [6.45, 7) is 3.30. The molecular weight excluding hydrogens is 314 g/mol. The number of hydrogen-bond donors (Lipinski definition) is 4. The van der Waals surface area contributed by atoms with Crippen LogP contribution in [0, 0.1) is 5.92 Å². The summed E-state index contributed by atoms with van der Waals surface area (Å²) in [7, 11) is 0. The maximum Gasteiger partial charge on any atom is 0.261 e. The van der Waals surface area contributed by atoms with Gasteiger partial charge in [-0.15, -0.1) is 23.7 Å². The SMILES string of the molecule is CC(NC(=O)c1cccs1)C(=O)NCC1CNCC1O.Cl.